The van der Waals surface area contributed by atoms with Crippen LogP contribution in [0.1, 0.15) is 32.6 Å². The Kier molecular flexibility index (Phi) is 6.49. The van der Waals surface area contributed by atoms with E-state index in [0.29, 0.717) is 12.6 Å². The third kappa shape index (κ3) is 4.35. The van der Waals surface area contributed by atoms with Crippen LogP contribution < -0.4 is 5.32 Å². The van der Waals surface area contributed by atoms with Crippen LogP contribution in [0.15, 0.2) is 4.99 Å². The van der Waals surface area contributed by atoms with E-state index in [9.17, 15) is 4.79 Å². The van der Waals surface area contributed by atoms with E-state index in [0.717, 1.165) is 38.4 Å². The van der Waals surface area contributed by atoms with E-state index in [1.165, 1.54) is 19.4 Å². The predicted octanol–water partition coefficient (Wildman–Crippen LogP) is 0.931. The molecule has 0 aliphatic carbocycles. The summed E-state index contributed by atoms with van der Waals surface area (Å²) in [7, 11) is 4.02. The van der Waals surface area contributed by atoms with Crippen molar-refractivity contribution in [3.05, 3.63) is 0 Å². The Labute approximate surface area is 133 Å². The number of carbonyl (C=O) groups excluding carboxylic acids is 1. The van der Waals surface area contributed by atoms with Crippen LogP contribution in [-0.4, -0.2) is 74.7 Å². The molecule has 0 bridgehead atoms. The summed E-state index contributed by atoms with van der Waals surface area (Å²) >= 11 is 0. The topological polar surface area (TPSA) is 57.2 Å². The van der Waals surface area contributed by atoms with E-state index >= 15 is 0 Å². The van der Waals surface area contributed by atoms with Crippen LogP contribution in [0.4, 0.5) is 0 Å². The average molecular weight is 310 g/mol. The standard InChI is InChI=1S/C16H30N4O2/c1-4-22-15(21)13-7-10-20(11-8-13)16(17-2)18-12-14-6-5-9-19(14)3/h13-14H,4-12H2,1-3H3,(H,17,18). The maximum Gasteiger partial charge on any atom is 0.309 e. The quantitative estimate of drug-likeness (QED) is 0.476. The van der Waals surface area contributed by atoms with Gasteiger partial charge < -0.3 is 19.9 Å². The fourth-order valence-corrected chi connectivity index (χ4v) is 3.37. The van der Waals surface area contributed by atoms with Gasteiger partial charge in [-0.1, -0.05) is 0 Å². The van der Waals surface area contributed by atoms with Crippen molar-refractivity contribution in [2.75, 3.05) is 46.9 Å². The molecule has 1 atom stereocenters. The summed E-state index contributed by atoms with van der Waals surface area (Å²) in [5, 5.41) is 3.50. The number of guanidine groups is 1. The zero-order valence-corrected chi connectivity index (χ0v) is 14.2. The maximum absolute atomic E-state index is 11.8. The molecular formula is C16H30N4O2. The van der Waals surface area contributed by atoms with Gasteiger partial charge in [0.15, 0.2) is 5.96 Å². The molecule has 1 N–H and O–H groups in total. The lowest BCUT2D eigenvalue weighted by molar-refractivity contribution is -0.149. The van der Waals surface area contributed by atoms with E-state index in [2.05, 4.69) is 27.2 Å². The molecule has 0 amide bonds. The van der Waals surface area contributed by atoms with Gasteiger partial charge in [-0.25, -0.2) is 0 Å². The van der Waals surface area contributed by atoms with Crippen molar-refractivity contribution >= 4 is 11.9 Å². The van der Waals surface area contributed by atoms with Crippen LogP contribution in [0, 0.1) is 5.92 Å². The minimum atomic E-state index is -0.0438. The third-order valence-corrected chi connectivity index (χ3v) is 4.79. The highest BCUT2D eigenvalue weighted by Crippen LogP contribution is 2.19. The molecule has 2 saturated heterocycles. The van der Waals surface area contributed by atoms with E-state index in [-0.39, 0.29) is 11.9 Å². The lowest BCUT2D eigenvalue weighted by Crippen LogP contribution is -2.49. The minimum absolute atomic E-state index is 0.0438. The van der Waals surface area contributed by atoms with Gasteiger partial charge in [-0.2, -0.15) is 0 Å². The average Bonchev–Trinajstić information content (AvgIpc) is 2.94. The number of piperidine rings is 1. The molecule has 0 spiro atoms. The third-order valence-electron chi connectivity index (χ3n) is 4.79. The first-order valence-electron chi connectivity index (χ1n) is 8.48. The first kappa shape index (κ1) is 17.1. The van der Waals surface area contributed by atoms with Gasteiger partial charge in [0.2, 0.25) is 0 Å². The highest BCUT2D eigenvalue weighted by molar-refractivity contribution is 5.80. The molecule has 2 aliphatic heterocycles. The molecule has 1 unspecified atom stereocenters. The summed E-state index contributed by atoms with van der Waals surface area (Å²) in [5.41, 5.74) is 0. The maximum atomic E-state index is 11.8. The monoisotopic (exact) mass is 310 g/mol. The smallest absolute Gasteiger partial charge is 0.309 e. The second-order valence-electron chi connectivity index (χ2n) is 6.22. The summed E-state index contributed by atoms with van der Waals surface area (Å²) < 4.78 is 5.12. The number of likely N-dealkylation sites (N-methyl/N-ethyl adjacent to an activating group) is 1. The van der Waals surface area contributed by atoms with Crippen LogP contribution in [0.5, 0.6) is 0 Å². The van der Waals surface area contributed by atoms with Gasteiger partial charge in [0.25, 0.3) is 0 Å². The number of nitrogens with one attached hydrogen (secondary N) is 1. The normalized spacial score (nSPS) is 24.6. The second kappa shape index (κ2) is 8.36. The van der Waals surface area contributed by atoms with E-state index in [1.54, 1.807) is 0 Å². The van der Waals surface area contributed by atoms with Gasteiger partial charge in [-0.15, -0.1) is 0 Å². The van der Waals surface area contributed by atoms with Crippen LogP contribution >= 0.6 is 0 Å². The first-order valence-corrected chi connectivity index (χ1v) is 8.48. The molecule has 22 heavy (non-hydrogen) atoms. The van der Waals surface area contributed by atoms with Crippen molar-refractivity contribution in [3.8, 4) is 0 Å². The Balaban J connectivity index is 1.77. The fraction of sp³-hybridized carbons (Fsp3) is 0.875. The number of aliphatic imine (C=N–C) groups is 1. The van der Waals surface area contributed by atoms with Crippen molar-refractivity contribution in [1.29, 1.82) is 0 Å². The molecule has 6 heteroatoms. The number of nitrogens with zero attached hydrogens (tertiary/aromatic N) is 3. The minimum Gasteiger partial charge on any atom is -0.466 e. The van der Waals surface area contributed by atoms with Crippen molar-refractivity contribution < 1.29 is 9.53 Å². The molecule has 0 radical (unpaired) electrons. The summed E-state index contributed by atoms with van der Waals surface area (Å²) in [5.74, 6) is 0.968. The summed E-state index contributed by atoms with van der Waals surface area (Å²) in [6.07, 6.45) is 4.24. The van der Waals surface area contributed by atoms with Gasteiger partial charge in [0.1, 0.15) is 0 Å². The molecule has 2 rings (SSSR count). The van der Waals surface area contributed by atoms with E-state index in [4.69, 9.17) is 4.74 Å². The van der Waals surface area contributed by atoms with Crippen LogP contribution in [-0.2, 0) is 9.53 Å². The Bertz CT molecular complexity index is 392. The van der Waals surface area contributed by atoms with E-state index in [1.807, 2.05) is 14.0 Å². The molecule has 0 saturated carbocycles. The number of carbonyl (C=O) groups is 1. The van der Waals surface area contributed by atoms with Gasteiger partial charge in [-0.3, -0.25) is 9.79 Å². The lowest BCUT2D eigenvalue weighted by atomic mass is 9.97. The summed E-state index contributed by atoms with van der Waals surface area (Å²) in [4.78, 5) is 20.9. The van der Waals surface area contributed by atoms with Gasteiger partial charge in [0.05, 0.1) is 12.5 Å². The molecular weight excluding hydrogens is 280 g/mol. The number of hydrogen-bond acceptors (Lipinski definition) is 4. The van der Waals surface area contributed by atoms with Crippen LogP contribution in [0.2, 0.25) is 0 Å². The molecule has 6 nitrogen and oxygen atoms in total. The summed E-state index contributed by atoms with van der Waals surface area (Å²) in [6, 6.07) is 0.605. The van der Waals surface area contributed by atoms with Gasteiger partial charge in [0, 0.05) is 32.7 Å². The Morgan fingerprint density at radius 2 is 2.00 bits per heavy atom. The number of esters is 1. The number of hydrogen-bond donors (Lipinski definition) is 1. The van der Waals surface area contributed by atoms with Crippen molar-refractivity contribution in [2.45, 2.75) is 38.6 Å². The van der Waals surface area contributed by atoms with Crippen molar-refractivity contribution in [3.63, 3.8) is 0 Å². The van der Waals surface area contributed by atoms with Crippen molar-refractivity contribution in [2.24, 2.45) is 10.9 Å². The first-order chi connectivity index (χ1) is 10.7. The number of rotatable bonds is 4. The number of ether oxygens (including phenoxy) is 1. The summed E-state index contributed by atoms with van der Waals surface area (Å²) in [6.45, 7) is 6.19. The largest absolute Gasteiger partial charge is 0.466 e. The second-order valence-corrected chi connectivity index (χ2v) is 6.22. The molecule has 2 heterocycles. The lowest BCUT2D eigenvalue weighted by Gasteiger charge is -2.34. The highest BCUT2D eigenvalue weighted by Gasteiger charge is 2.28. The zero-order valence-electron chi connectivity index (χ0n) is 14.2. The molecule has 0 aromatic heterocycles. The number of likely N-dealkylation sites (tertiary alicyclic amines) is 2. The van der Waals surface area contributed by atoms with Crippen LogP contribution in [0.25, 0.3) is 0 Å². The predicted molar refractivity (Wildman–Crippen MR) is 87.9 cm³/mol. The SMILES string of the molecule is CCOC(=O)C1CCN(C(=NC)NCC2CCCN2C)CC1. The molecule has 126 valence electrons. The zero-order chi connectivity index (χ0) is 15.9. The Morgan fingerprint density at radius 1 is 1.27 bits per heavy atom. The van der Waals surface area contributed by atoms with Crippen LogP contribution in [0.3, 0.4) is 0 Å². The van der Waals surface area contributed by atoms with Crippen molar-refractivity contribution in [1.82, 2.24) is 15.1 Å². The van der Waals surface area contributed by atoms with E-state index < -0.39 is 0 Å². The molecule has 0 aromatic rings. The van der Waals surface area contributed by atoms with Gasteiger partial charge in [-0.05, 0) is 46.2 Å². The fourth-order valence-electron chi connectivity index (χ4n) is 3.37. The molecule has 2 fully saturated rings. The van der Waals surface area contributed by atoms with Gasteiger partial charge >= 0.3 is 5.97 Å². The Hall–Kier alpha value is -1.30. The Morgan fingerprint density at radius 3 is 2.55 bits per heavy atom. The molecule has 2 aliphatic rings. The molecule has 0 aromatic carbocycles. The highest BCUT2D eigenvalue weighted by atomic mass is 16.5.